The first-order valence-corrected chi connectivity index (χ1v) is 14.6. The van der Waals surface area contributed by atoms with Crippen molar-refractivity contribution in [3.8, 4) is 0 Å². The van der Waals surface area contributed by atoms with Crippen LogP contribution in [0.4, 0.5) is 5.69 Å². The summed E-state index contributed by atoms with van der Waals surface area (Å²) in [4.78, 5) is 14.6. The largest absolute Gasteiger partial charge is 0.478 e. The molecular formula is C38H37N2O2+. The maximum absolute atomic E-state index is 12.3. The number of hydrogen-bond acceptors (Lipinski definition) is 2. The van der Waals surface area contributed by atoms with Gasteiger partial charge in [-0.3, -0.25) is 0 Å². The molecule has 42 heavy (non-hydrogen) atoms. The molecule has 0 spiro atoms. The topological polar surface area (TPSA) is 43.5 Å². The first-order chi connectivity index (χ1) is 20.6. The number of nitrogens with zero attached hydrogens (tertiary/aromatic N) is 2. The molecule has 0 aliphatic heterocycles. The van der Waals surface area contributed by atoms with Crippen LogP contribution in [-0.2, 0) is 13.1 Å². The van der Waals surface area contributed by atoms with Crippen molar-refractivity contribution in [2.75, 3.05) is 18.0 Å². The lowest BCUT2D eigenvalue weighted by molar-refractivity contribution is -0.539. The third kappa shape index (κ3) is 6.67. The van der Waals surface area contributed by atoms with Crippen LogP contribution >= 0.6 is 0 Å². The minimum atomic E-state index is -0.934. The summed E-state index contributed by atoms with van der Waals surface area (Å²) in [5.41, 5.74) is 8.65. The fourth-order valence-electron chi connectivity index (χ4n) is 5.42. The van der Waals surface area contributed by atoms with E-state index < -0.39 is 5.97 Å². The molecule has 0 bridgehead atoms. The lowest BCUT2D eigenvalue weighted by atomic mass is 9.88. The molecule has 1 N–H and O–H groups in total. The molecule has 0 saturated heterocycles. The number of allylic oxidation sites excluding steroid dienone is 5. The van der Waals surface area contributed by atoms with E-state index in [1.54, 1.807) is 12.1 Å². The van der Waals surface area contributed by atoms with Crippen LogP contribution in [0.5, 0.6) is 0 Å². The highest BCUT2D eigenvalue weighted by molar-refractivity contribution is 6.05. The average molecular weight is 554 g/mol. The molecular weight excluding hydrogens is 516 g/mol. The van der Waals surface area contributed by atoms with Gasteiger partial charge in [-0.1, -0.05) is 91.0 Å². The molecule has 0 aromatic heterocycles. The van der Waals surface area contributed by atoms with E-state index in [0.29, 0.717) is 11.1 Å². The minimum absolute atomic E-state index is 0.291. The van der Waals surface area contributed by atoms with Crippen LogP contribution in [0.1, 0.15) is 46.5 Å². The monoisotopic (exact) mass is 553 g/mol. The Labute approximate surface area is 248 Å². The quantitative estimate of drug-likeness (QED) is 0.202. The van der Waals surface area contributed by atoms with E-state index in [0.717, 1.165) is 54.3 Å². The van der Waals surface area contributed by atoms with Crippen LogP contribution in [0.15, 0.2) is 139 Å². The number of hydrogen-bond donors (Lipinski definition) is 1. The SMILES string of the molecule is CCN(Cc1ccccc1)c1ccc(C(=C2C=CC(=[N+](CC)Cc3ccccc3)C=C2)c2ccccc2C(=O)O)cc1. The molecule has 5 rings (SSSR count). The van der Waals surface area contributed by atoms with Crippen molar-refractivity contribution in [1.82, 2.24) is 0 Å². The fraction of sp³-hybridized carbons (Fsp3) is 0.158. The molecule has 1 aliphatic rings. The van der Waals surface area contributed by atoms with Gasteiger partial charge in [0, 0.05) is 36.5 Å². The number of carbonyl (C=O) groups is 1. The number of carboxylic acid groups (broad SMARTS) is 1. The number of anilines is 1. The second-order valence-electron chi connectivity index (χ2n) is 10.3. The summed E-state index contributed by atoms with van der Waals surface area (Å²) < 4.78 is 2.34. The van der Waals surface area contributed by atoms with Crippen LogP contribution in [0.2, 0.25) is 0 Å². The third-order valence-corrected chi connectivity index (χ3v) is 7.67. The van der Waals surface area contributed by atoms with Gasteiger partial charge in [0.1, 0.15) is 6.54 Å². The Bertz CT molecular complexity index is 1630. The lowest BCUT2D eigenvalue weighted by Gasteiger charge is -2.24. The van der Waals surface area contributed by atoms with Crippen molar-refractivity contribution >= 4 is 22.9 Å². The first-order valence-electron chi connectivity index (χ1n) is 14.6. The molecule has 4 aromatic rings. The normalized spacial score (nSPS) is 12.3. The Kier molecular flexibility index (Phi) is 9.25. The van der Waals surface area contributed by atoms with Gasteiger partial charge in [-0.2, -0.15) is 0 Å². The van der Waals surface area contributed by atoms with Gasteiger partial charge in [0.25, 0.3) is 0 Å². The highest BCUT2D eigenvalue weighted by Crippen LogP contribution is 2.33. The molecule has 0 saturated carbocycles. The highest BCUT2D eigenvalue weighted by Gasteiger charge is 2.20. The summed E-state index contributed by atoms with van der Waals surface area (Å²) in [7, 11) is 0. The Balaban J connectivity index is 1.53. The van der Waals surface area contributed by atoms with Gasteiger partial charge in [-0.25, -0.2) is 9.37 Å². The van der Waals surface area contributed by atoms with E-state index in [9.17, 15) is 9.90 Å². The second kappa shape index (κ2) is 13.6. The number of aromatic carboxylic acids is 1. The molecule has 210 valence electrons. The molecule has 0 unspecified atom stereocenters. The van der Waals surface area contributed by atoms with E-state index in [4.69, 9.17) is 0 Å². The highest BCUT2D eigenvalue weighted by atomic mass is 16.4. The zero-order valence-corrected chi connectivity index (χ0v) is 24.3. The van der Waals surface area contributed by atoms with Crippen molar-refractivity contribution in [2.24, 2.45) is 0 Å². The van der Waals surface area contributed by atoms with Crippen molar-refractivity contribution in [2.45, 2.75) is 26.9 Å². The van der Waals surface area contributed by atoms with Crippen molar-refractivity contribution in [3.63, 3.8) is 0 Å². The molecule has 0 fully saturated rings. The van der Waals surface area contributed by atoms with Gasteiger partial charge in [-0.05, 0) is 72.0 Å². The van der Waals surface area contributed by atoms with Crippen LogP contribution in [-0.4, -0.2) is 34.5 Å². The summed E-state index contributed by atoms with van der Waals surface area (Å²) in [5.74, 6) is -0.934. The predicted molar refractivity (Wildman–Crippen MR) is 173 cm³/mol. The maximum Gasteiger partial charge on any atom is 0.336 e. The summed E-state index contributed by atoms with van der Waals surface area (Å²) in [6, 6.07) is 36.7. The molecule has 0 radical (unpaired) electrons. The molecule has 4 heteroatoms. The molecule has 0 atom stereocenters. The van der Waals surface area contributed by atoms with Crippen LogP contribution < -0.4 is 4.90 Å². The Hall–Kier alpha value is -4.96. The van der Waals surface area contributed by atoms with Gasteiger partial charge in [0.05, 0.1) is 5.56 Å². The van der Waals surface area contributed by atoms with Gasteiger partial charge in [0.2, 0.25) is 0 Å². The zero-order chi connectivity index (χ0) is 29.3. The Morgan fingerprint density at radius 1 is 0.690 bits per heavy atom. The lowest BCUT2D eigenvalue weighted by Crippen LogP contribution is -2.21. The maximum atomic E-state index is 12.3. The third-order valence-electron chi connectivity index (χ3n) is 7.67. The smallest absolute Gasteiger partial charge is 0.336 e. The Morgan fingerprint density at radius 3 is 1.83 bits per heavy atom. The molecule has 0 amide bonds. The average Bonchev–Trinajstić information content (AvgIpc) is 3.04. The van der Waals surface area contributed by atoms with Crippen LogP contribution in [0, 0.1) is 0 Å². The van der Waals surface area contributed by atoms with Gasteiger partial charge < -0.3 is 10.0 Å². The van der Waals surface area contributed by atoms with E-state index >= 15 is 0 Å². The molecule has 1 aliphatic carbocycles. The Morgan fingerprint density at radius 2 is 1.26 bits per heavy atom. The van der Waals surface area contributed by atoms with Crippen molar-refractivity contribution in [3.05, 3.63) is 167 Å². The van der Waals surface area contributed by atoms with Gasteiger partial charge in [-0.15, -0.1) is 0 Å². The summed E-state index contributed by atoms with van der Waals surface area (Å²) in [6.45, 7) is 7.74. The number of rotatable bonds is 10. The van der Waals surface area contributed by atoms with E-state index in [1.165, 1.54) is 11.1 Å². The first kappa shape index (κ1) is 28.6. The summed E-state index contributed by atoms with van der Waals surface area (Å²) in [6.07, 6.45) is 8.49. The van der Waals surface area contributed by atoms with Crippen molar-refractivity contribution in [1.29, 1.82) is 0 Å². The fourth-order valence-corrected chi connectivity index (χ4v) is 5.42. The molecule has 4 aromatic carbocycles. The number of benzene rings is 4. The second-order valence-corrected chi connectivity index (χ2v) is 10.3. The summed E-state index contributed by atoms with van der Waals surface area (Å²) >= 11 is 0. The molecule has 0 heterocycles. The van der Waals surface area contributed by atoms with Gasteiger partial charge >= 0.3 is 5.97 Å². The van der Waals surface area contributed by atoms with E-state index in [2.05, 4.69) is 120 Å². The summed E-state index contributed by atoms with van der Waals surface area (Å²) in [5, 5.41) is 10.1. The molecule has 4 nitrogen and oxygen atoms in total. The number of carboxylic acids is 1. The standard InChI is InChI=1S/C38H36N2O2/c1-3-39(27-29-13-7-5-8-14-29)33-23-19-31(20-24-33)37(35-17-11-12-18-36(35)38(41)42)32-21-25-34(26-22-32)40(4-2)28-30-15-9-6-10-16-30/h5-26H,3-4,27-28H2,1-2H3/p+1. The minimum Gasteiger partial charge on any atom is -0.478 e. The predicted octanol–water partition coefficient (Wildman–Crippen LogP) is 8.01. The van der Waals surface area contributed by atoms with Crippen LogP contribution in [0.25, 0.3) is 5.57 Å². The van der Waals surface area contributed by atoms with E-state index in [1.807, 2.05) is 24.3 Å². The van der Waals surface area contributed by atoms with Gasteiger partial charge in [0.15, 0.2) is 12.3 Å². The van der Waals surface area contributed by atoms with Crippen LogP contribution in [0.3, 0.4) is 0 Å². The zero-order valence-electron chi connectivity index (χ0n) is 24.3. The van der Waals surface area contributed by atoms with Crippen molar-refractivity contribution < 1.29 is 14.5 Å². The van der Waals surface area contributed by atoms with E-state index in [-0.39, 0.29) is 0 Å².